The van der Waals surface area contributed by atoms with E-state index in [1.165, 1.54) is 0 Å². The van der Waals surface area contributed by atoms with E-state index in [0.717, 1.165) is 25.7 Å². The minimum absolute atomic E-state index is 0.0302. The third kappa shape index (κ3) is 2.13. The minimum Gasteiger partial charge on any atom is -0.340 e. The number of unbranched alkanes of at least 4 members (excludes halogenated alkanes) is 1. The highest BCUT2D eigenvalue weighted by Crippen LogP contribution is 2.42. The Morgan fingerprint density at radius 2 is 2.00 bits per heavy atom. The van der Waals surface area contributed by atoms with Crippen LogP contribution in [-0.2, 0) is 9.59 Å². The monoisotopic (exact) mass is 252 g/mol. The molecule has 0 aromatic rings. The molecule has 1 saturated carbocycles. The zero-order valence-electron chi connectivity index (χ0n) is 11.7. The summed E-state index contributed by atoms with van der Waals surface area (Å²) >= 11 is 0. The number of piperazine rings is 1. The summed E-state index contributed by atoms with van der Waals surface area (Å²) < 4.78 is 0. The summed E-state index contributed by atoms with van der Waals surface area (Å²) in [5.41, 5.74) is -0.642. The second-order valence-corrected chi connectivity index (χ2v) is 5.74. The Kier molecular flexibility index (Phi) is 3.64. The molecule has 0 spiro atoms. The average Bonchev–Trinajstić information content (AvgIpc) is 3.16. The van der Waals surface area contributed by atoms with Crippen molar-refractivity contribution in [2.75, 3.05) is 6.54 Å². The van der Waals surface area contributed by atoms with Crippen molar-refractivity contribution in [2.45, 2.75) is 64.5 Å². The van der Waals surface area contributed by atoms with Gasteiger partial charge in [-0.1, -0.05) is 20.3 Å². The lowest BCUT2D eigenvalue weighted by Crippen LogP contribution is -2.70. The van der Waals surface area contributed by atoms with Gasteiger partial charge in [-0.15, -0.1) is 0 Å². The maximum Gasteiger partial charge on any atom is 0.249 e. The van der Waals surface area contributed by atoms with Gasteiger partial charge in [-0.2, -0.15) is 0 Å². The van der Waals surface area contributed by atoms with Crippen LogP contribution in [0.2, 0.25) is 0 Å². The van der Waals surface area contributed by atoms with Crippen LogP contribution in [0.4, 0.5) is 0 Å². The second-order valence-electron chi connectivity index (χ2n) is 5.74. The Hall–Kier alpha value is -1.06. The molecular formula is C14H24N2O2. The number of rotatable bonds is 5. The van der Waals surface area contributed by atoms with E-state index in [4.69, 9.17) is 0 Å². The number of nitrogens with zero attached hydrogens (tertiary/aromatic N) is 1. The van der Waals surface area contributed by atoms with Crippen LogP contribution in [0.15, 0.2) is 0 Å². The molecule has 1 aliphatic carbocycles. The van der Waals surface area contributed by atoms with Gasteiger partial charge >= 0.3 is 0 Å². The van der Waals surface area contributed by atoms with Gasteiger partial charge in [0.2, 0.25) is 11.8 Å². The van der Waals surface area contributed by atoms with Gasteiger partial charge in [0.15, 0.2) is 0 Å². The zero-order chi connectivity index (χ0) is 13.3. The second kappa shape index (κ2) is 4.90. The molecule has 2 rings (SSSR count). The van der Waals surface area contributed by atoms with Crippen LogP contribution in [0.1, 0.15) is 52.9 Å². The van der Waals surface area contributed by atoms with Gasteiger partial charge in [-0.3, -0.25) is 9.59 Å². The van der Waals surface area contributed by atoms with Gasteiger partial charge in [0.1, 0.15) is 11.6 Å². The number of hydrogen-bond donors (Lipinski definition) is 1. The lowest BCUT2D eigenvalue weighted by atomic mass is 9.88. The quantitative estimate of drug-likeness (QED) is 0.809. The van der Waals surface area contributed by atoms with E-state index in [-0.39, 0.29) is 17.9 Å². The molecule has 18 heavy (non-hydrogen) atoms. The van der Waals surface area contributed by atoms with Gasteiger partial charge in [-0.25, -0.2) is 0 Å². The first kappa shape index (κ1) is 13.4. The van der Waals surface area contributed by atoms with Crippen molar-refractivity contribution in [1.82, 2.24) is 10.2 Å². The highest BCUT2D eigenvalue weighted by molar-refractivity contribution is 6.00. The van der Waals surface area contributed by atoms with Crippen LogP contribution in [0.3, 0.4) is 0 Å². The maximum atomic E-state index is 12.7. The van der Waals surface area contributed by atoms with E-state index in [1.54, 1.807) is 0 Å². The van der Waals surface area contributed by atoms with Crippen LogP contribution >= 0.6 is 0 Å². The third-order valence-electron chi connectivity index (χ3n) is 4.30. The number of hydrogen-bond acceptors (Lipinski definition) is 2. The summed E-state index contributed by atoms with van der Waals surface area (Å²) in [6, 6.07) is -0.268. The number of nitrogens with one attached hydrogen (secondary N) is 1. The molecule has 2 unspecified atom stereocenters. The molecule has 2 fully saturated rings. The van der Waals surface area contributed by atoms with E-state index < -0.39 is 5.54 Å². The van der Waals surface area contributed by atoms with Crippen molar-refractivity contribution in [2.24, 2.45) is 5.92 Å². The van der Waals surface area contributed by atoms with Gasteiger partial charge in [0, 0.05) is 6.54 Å². The first-order chi connectivity index (χ1) is 8.54. The molecule has 2 aliphatic rings. The summed E-state index contributed by atoms with van der Waals surface area (Å²) in [5, 5.41) is 2.98. The Balaban J connectivity index is 2.20. The van der Waals surface area contributed by atoms with E-state index in [0.29, 0.717) is 18.9 Å². The first-order valence-electron chi connectivity index (χ1n) is 7.17. The van der Waals surface area contributed by atoms with Gasteiger partial charge in [0.05, 0.1) is 0 Å². The maximum absolute atomic E-state index is 12.7. The molecule has 0 aromatic heterocycles. The minimum atomic E-state index is -0.642. The summed E-state index contributed by atoms with van der Waals surface area (Å²) in [6.45, 7) is 6.69. The van der Waals surface area contributed by atoms with Crippen LogP contribution in [-0.4, -0.2) is 34.8 Å². The van der Waals surface area contributed by atoms with E-state index in [9.17, 15) is 9.59 Å². The van der Waals surface area contributed by atoms with E-state index in [2.05, 4.69) is 12.2 Å². The average molecular weight is 252 g/mol. The number of amides is 2. The molecule has 0 radical (unpaired) electrons. The number of carbonyl (C=O) groups excluding carboxylic acids is 2. The molecule has 4 heteroatoms. The molecule has 102 valence electrons. The fourth-order valence-corrected chi connectivity index (χ4v) is 2.90. The highest BCUT2D eigenvalue weighted by atomic mass is 16.2. The lowest BCUT2D eigenvalue weighted by Gasteiger charge is -2.44. The Bertz CT molecular complexity index is 352. The van der Waals surface area contributed by atoms with Crippen LogP contribution in [0.25, 0.3) is 0 Å². The lowest BCUT2D eigenvalue weighted by molar-refractivity contribution is -0.155. The van der Waals surface area contributed by atoms with Crippen molar-refractivity contribution in [1.29, 1.82) is 0 Å². The summed E-state index contributed by atoms with van der Waals surface area (Å²) in [5.74, 6) is 0.503. The molecular weight excluding hydrogens is 228 g/mol. The van der Waals surface area contributed by atoms with Crippen molar-refractivity contribution >= 4 is 11.8 Å². The van der Waals surface area contributed by atoms with Crippen LogP contribution in [0, 0.1) is 5.92 Å². The predicted octanol–water partition coefficient (Wildman–Crippen LogP) is 1.69. The predicted molar refractivity (Wildman–Crippen MR) is 70.0 cm³/mol. The van der Waals surface area contributed by atoms with Crippen LogP contribution in [0.5, 0.6) is 0 Å². The standard InChI is InChI=1S/C14H24N2O2/c1-4-6-9-16-11(5-2)12(17)15-14(3,13(16)18)10-7-8-10/h10-11H,4-9H2,1-3H3,(H,15,17). The number of carbonyl (C=O) groups is 2. The Labute approximate surface area is 109 Å². The normalized spacial score (nSPS) is 32.6. The summed E-state index contributed by atoms with van der Waals surface area (Å²) in [4.78, 5) is 26.7. The van der Waals surface area contributed by atoms with Gasteiger partial charge in [-0.05, 0) is 38.5 Å². The molecule has 0 aromatic carbocycles. The summed E-state index contributed by atoms with van der Waals surface area (Å²) in [6.07, 6.45) is 4.82. The largest absolute Gasteiger partial charge is 0.340 e. The fraction of sp³-hybridized carbons (Fsp3) is 0.857. The molecule has 1 N–H and O–H groups in total. The Morgan fingerprint density at radius 1 is 1.33 bits per heavy atom. The molecule has 2 atom stereocenters. The third-order valence-corrected chi connectivity index (χ3v) is 4.30. The van der Waals surface area contributed by atoms with Gasteiger partial charge < -0.3 is 10.2 Å². The smallest absolute Gasteiger partial charge is 0.249 e. The molecule has 2 amide bonds. The summed E-state index contributed by atoms with van der Waals surface area (Å²) in [7, 11) is 0. The van der Waals surface area contributed by atoms with Crippen molar-refractivity contribution in [3.05, 3.63) is 0 Å². The zero-order valence-corrected chi connectivity index (χ0v) is 11.7. The van der Waals surface area contributed by atoms with Crippen LogP contribution < -0.4 is 5.32 Å². The fourth-order valence-electron chi connectivity index (χ4n) is 2.90. The molecule has 4 nitrogen and oxygen atoms in total. The molecule has 0 bridgehead atoms. The molecule has 1 saturated heterocycles. The van der Waals surface area contributed by atoms with E-state index >= 15 is 0 Å². The first-order valence-corrected chi connectivity index (χ1v) is 7.17. The molecule has 1 aliphatic heterocycles. The molecule has 1 heterocycles. The van der Waals surface area contributed by atoms with Crippen molar-refractivity contribution < 1.29 is 9.59 Å². The SMILES string of the molecule is CCCCN1C(=O)C(C)(C2CC2)NC(=O)C1CC. The van der Waals surface area contributed by atoms with Crippen molar-refractivity contribution in [3.8, 4) is 0 Å². The topological polar surface area (TPSA) is 49.4 Å². The highest BCUT2D eigenvalue weighted by Gasteiger charge is 2.54. The Morgan fingerprint density at radius 3 is 2.50 bits per heavy atom. The van der Waals surface area contributed by atoms with Gasteiger partial charge in [0.25, 0.3) is 0 Å². The van der Waals surface area contributed by atoms with Crippen molar-refractivity contribution in [3.63, 3.8) is 0 Å². The van der Waals surface area contributed by atoms with E-state index in [1.807, 2.05) is 18.7 Å².